The minimum Gasteiger partial charge on any atom is -0.466 e. The molecule has 0 aliphatic heterocycles. The lowest BCUT2D eigenvalue weighted by Crippen LogP contribution is -1.95. The molecular weight excluding hydrogens is 202 g/mol. The molecule has 0 bridgehead atoms. The first-order valence-corrected chi connectivity index (χ1v) is 5.32. The highest BCUT2D eigenvalue weighted by molar-refractivity contribution is 5.81. The van der Waals surface area contributed by atoms with Gasteiger partial charge in [0.05, 0.1) is 7.11 Å². The fraction of sp³-hybridized carbons (Fsp3) is 0.308. The van der Waals surface area contributed by atoms with Crippen LogP contribution in [0.4, 0.5) is 5.69 Å². The van der Waals surface area contributed by atoms with E-state index in [1.807, 2.05) is 30.3 Å². The number of rotatable bonds is 5. The molecule has 86 valence electrons. The molecule has 1 aromatic carbocycles. The first-order valence-electron chi connectivity index (χ1n) is 5.32. The summed E-state index contributed by atoms with van der Waals surface area (Å²) in [6.45, 7) is 0. The molecule has 16 heavy (non-hydrogen) atoms. The van der Waals surface area contributed by atoms with Crippen LogP contribution in [0.1, 0.15) is 18.4 Å². The number of benzene rings is 1. The maximum atomic E-state index is 10.8. The van der Waals surface area contributed by atoms with Gasteiger partial charge in [0.2, 0.25) is 0 Å². The van der Waals surface area contributed by atoms with E-state index in [4.69, 9.17) is 5.73 Å². The molecule has 3 nitrogen and oxygen atoms in total. The number of aryl methyl sites for hydroxylation is 1. The minimum absolute atomic E-state index is 0.306. The number of nitrogens with two attached hydrogens (primary N) is 1. The van der Waals surface area contributed by atoms with Gasteiger partial charge in [-0.1, -0.05) is 24.3 Å². The second-order valence-electron chi connectivity index (χ2n) is 3.52. The Morgan fingerprint density at radius 3 is 2.88 bits per heavy atom. The van der Waals surface area contributed by atoms with Crippen LogP contribution in [0, 0.1) is 0 Å². The highest BCUT2D eigenvalue weighted by atomic mass is 16.5. The third-order valence-electron chi connectivity index (χ3n) is 2.33. The highest BCUT2D eigenvalue weighted by Gasteiger charge is 1.96. The minimum atomic E-state index is -0.306. The molecule has 0 aliphatic carbocycles. The third-order valence-corrected chi connectivity index (χ3v) is 2.33. The summed E-state index contributed by atoms with van der Waals surface area (Å²) in [5.74, 6) is -0.306. The number of nitrogen functional groups attached to an aromatic ring is 1. The van der Waals surface area contributed by atoms with Crippen LogP contribution in [0.3, 0.4) is 0 Å². The van der Waals surface area contributed by atoms with Crippen LogP contribution in [-0.2, 0) is 16.0 Å². The van der Waals surface area contributed by atoms with E-state index in [2.05, 4.69) is 4.74 Å². The quantitative estimate of drug-likeness (QED) is 0.358. The number of unbranched alkanes of at least 4 members (excludes halogenated alkanes) is 1. The Bertz CT molecular complexity index is 372. The van der Waals surface area contributed by atoms with Crippen molar-refractivity contribution in [3.05, 3.63) is 42.0 Å². The van der Waals surface area contributed by atoms with Crippen LogP contribution in [-0.4, -0.2) is 13.1 Å². The van der Waals surface area contributed by atoms with E-state index in [-0.39, 0.29) is 5.97 Å². The van der Waals surface area contributed by atoms with E-state index in [9.17, 15) is 4.79 Å². The molecule has 0 spiro atoms. The predicted octanol–water partition coefficient (Wildman–Crippen LogP) is 2.32. The molecule has 2 N–H and O–H groups in total. The zero-order valence-electron chi connectivity index (χ0n) is 9.48. The molecule has 0 fully saturated rings. The summed E-state index contributed by atoms with van der Waals surface area (Å²) < 4.78 is 4.49. The molecule has 1 aromatic rings. The van der Waals surface area contributed by atoms with Crippen molar-refractivity contribution >= 4 is 11.7 Å². The third kappa shape index (κ3) is 4.17. The van der Waals surface area contributed by atoms with Gasteiger partial charge in [-0.2, -0.15) is 0 Å². The van der Waals surface area contributed by atoms with Crippen molar-refractivity contribution in [2.24, 2.45) is 0 Å². The molecule has 0 unspecified atom stereocenters. The summed E-state index contributed by atoms with van der Waals surface area (Å²) >= 11 is 0. The molecule has 3 heteroatoms. The van der Waals surface area contributed by atoms with Crippen molar-refractivity contribution < 1.29 is 9.53 Å². The molecule has 0 aromatic heterocycles. The number of esters is 1. The number of methoxy groups -OCH3 is 1. The van der Waals surface area contributed by atoms with Crippen molar-refractivity contribution in [2.45, 2.75) is 19.3 Å². The largest absolute Gasteiger partial charge is 0.466 e. The first kappa shape index (κ1) is 12.3. The summed E-state index contributed by atoms with van der Waals surface area (Å²) in [6.07, 6.45) is 6.03. The Labute approximate surface area is 95.9 Å². The van der Waals surface area contributed by atoms with Gasteiger partial charge in [0.1, 0.15) is 0 Å². The van der Waals surface area contributed by atoms with Crippen molar-refractivity contribution in [3.8, 4) is 0 Å². The van der Waals surface area contributed by atoms with Gasteiger partial charge in [-0.15, -0.1) is 0 Å². The van der Waals surface area contributed by atoms with Crippen LogP contribution in [0.15, 0.2) is 36.4 Å². The van der Waals surface area contributed by atoms with Gasteiger partial charge < -0.3 is 10.5 Å². The van der Waals surface area contributed by atoms with Crippen molar-refractivity contribution in [2.75, 3.05) is 12.8 Å². The maximum Gasteiger partial charge on any atom is 0.330 e. The number of carbonyl (C=O) groups excluding carboxylic acids is 1. The normalized spacial score (nSPS) is 10.6. The van der Waals surface area contributed by atoms with Crippen molar-refractivity contribution in [3.63, 3.8) is 0 Å². The molecule has 0 heterocycles. The van der Waals surface area contributed by atoms with E-state index in [1.165, 1.54) is 13.2 Å². The summed E-state index contributed by atoms with van der Waals surface area (Å²) in [5.41, 5.74) is 7.81. The second-order valence-corrected chi connectivity index (χ2v) is 3.52. The molecular formula is C13H17NO2. The molecule has 0 aliphatic rings. The smallest absolute Gasteiger partial charge is 0.330 e. The predicted molar refractivity (Wildman–Crippen MR) is 64.9 cm³/mol. The summed E-state index contributed by atoms with van der Waals surface area (Å²) in [7, 11) is 1.37. The number of carbonyl (C=O) groups is 1. The first-order chi connectivity index (χ1) is 7.74. The van der Waals surface area contributed by atoms with E-state index in [1.54, 1.807) is 0 Å². The number of anilines is 1. The lowest BCUT2D eigenvalue weighted by Gasteiger charge is -2.03. The van der Waals surface area contributed by atoms with Crippen LogP contribution in [0.5, 0.6) is 0 Å². The highest BCUT2D eigenvalue weighted by Crippen LogP contribution is 2.13. The van der Waals surface area contributed by atoms with Gasteiger partial charge in [-0.3, -0.25) is 0 Å². The van der Waals surface area contributed by atoms with Crippen LogP contribution in [0.2, 0.25) is 0 Å². The van der Waals surface area contributed by atoms with E-state index in [0.29, 0.717) is 0 Å². The Kier molecular flexibility index (Phi) is 5.12. The van der Waals surface area contributed by atoms with Crippen LogP contribution in [0.25, 0.3) is 0 Å². The maximum absolute atomic E-state index is 10.8. The Morgan fingerprint density at radius 2 is 2.19 bits per heavy atom. The van der Waals surface area contributed by atoms with Crippen LogP contribution < -0.4 is 5.73 Å². The van der Waals surface area contributed by atoms with Gasteiger partial charge in [-0.25, -0.2) is 4.79 Å². The Morgan fingerprint density at radius 1 is 1.44 bits per heavy atom. The topological polar surface area (TPSA) is 52.3 Å². The second kappa shape index (κ2) is 6.67. The molecule has 0 radical (unpaired) electrons. The molecule has 0 atom stereocenters. The number of hydrogen-bond donors (Lipinski definition) is 1. The van der Waals surface area contributed by atoms with E-state index < -0.39 is 0 Å². The fourth-order valence-electron chi connectivity index (χ4n) is 1.42. The molecule has 0 saturated heterocycles. The van der Waals surface area contributed by atoms with Gasteiger partial charge in [0.25, 0.3) is 0 Å². The number of hydrogen-bond acceptors (Lipinski definition) is 3. The average Bonchev–Trinajstić information content (AvgIpc) is 2.30. The van der Waals surface area contributed by atoms with E-state index in [0.717, 1.165) is 30.5 Å². The van der Waals surface area contributed by atoms with E-state index >= 15 is 0 Å². The fourth-order valence-corrected chi connectivity index (χ4v) is 1.42. The lowest BCUT2D eigenvalue weighted by atomic mass is 10.1. The molecule has 0 amide bonds. The van der Waals surface area contributed by atoms with Gasteiger partial charge in [-0.05, 0) is 30.9 Å². The zero-order chi connectivity index (χ0) is 11.8. The van der Waals surface area contributed by atoms with Crippen molar-refractivity contribution in [1.29, 1.82) is 0 Å². The monoisotopic (exact) mass is 219 g/mol. The Hall–Kier alpha value is -1.77. The van der Waals surface area contributed by atoms with Gasteiger partial charge >= 0.3 is 5.97 Å². The standard InChI is InChI=1S/C13H17NO2/c1-16-13(15)10-4-2-3-7-11-8-5-6-9-12(11)14/h4-6,8-10H,2-3,7,14H2,1H3/b10-4+. The number of ether oxygens (including phenoxy) is 1. The molecule has 1 rings (SSSR count). The van der Waals surface area contributed by atoms with Gasteiger partial charge in [0.15, 0.2) is 0 Å². The van der Waals surface area contributed by atoms with Gasteiger partial charge in [0, 0.05) is 11.8 Å². The summed E-state index contributed by atoms with van der Waals surface area (Å²) in [5, 5.41) is 0. The number of allylic oxidation sites excluding steroid dienone is 1. The summed E-state index contributed by atoms with van der Waals surface area (Å²) in [6, 6.07) is 7.84. The average molecular weight is 219 g/mol. The summed E-state index contributed by atoms with van der Waals surface area (Å²) in [4.78, 5) is 10.8. The number of para-hydroxylation sites is 1. The van der Waals surface area contributed by atoms with Crippen LogP contribution >= 0.6 is 0 Å². The Balaban J connectivity index is 2.29. The lowest BCUT2D eigenvalue weighted by molar-refractivity contribution is -0.134. The van der Waals surface area contributed by atoms with Crippen molar-refractivity contribution in [1.82, 2.24) is 0 Å². The SMILES string of the molecule is COC(=O)/C=C/CCCc1ccccc1N. The zero-order valence-corrected chi connectivity index (χ0v) is 9.48. The molecule has 0 saturated carbocycles.